The van der Waals surface area contributed by atoms with E-state index in [2.05, 4.69) is 20.8 Å². The second-order valence-corrected chi connectivity index (χ2v) is 11.7. The van der Waals surface area contributed by atoms with Gasteiger partial charge in [-0.2, -0.15) is 0 Å². The molecule has 14 nitrogen and oxygen atoms in total. The molecule has 2 atom stereocenters. The topological polar surface area (TPSA) is 164 Å². The van der Waals surface area contributed by atoms with Gasteiger partial charge in [-0.15, -0.1) is 5.10 Å². The fourth-order valence-electron chi connectivity index (χ4n) is 6.52. The Hall–Kier alpha value is -4.95. The number of nitrogens with zero attached hydrogens (tertiary/aromatic N) is 5. The first-order valence-electron chi connectivity index (χ1n) is 15.5. The highest BCUT2D eigenvalue weighted by Crippen LogP contribution is 2.45. The second-order valence-electron chi connectivity index (χ2n) is 11.7. The number of hydroxylamine groups is 1. The van der Waals surface area contributed by atoms with Gasteiger partial charge in [0.2, 0.25) is 18.6 Å². The first-order valence-corrected chi connectivity index (χ1v) is 15.5. The van der Waals surface area contributed by atoms with Crippen LogP contribution in [0.3, 0.4) is 0 Å². The summed E-state index contributed by atoms with van der Waals surface area (Å²) in [5, 5.41) is 18.0. The molecular weight excluding hydrogens is 594 g/mol. The van der Waals surface area contributed by atoms with E-state index in [0.717, 1.165) is 53.4 Å². The lowest BCUT2D eigenvalue weighted by Crippen LogP contribution is -2.62. The van der Waals surface area contributed by atoms with Crippen molar-refractivity contribution in [3.05, 3.63) is 71.2 Å². The number of hydrogen-bond donors (Lipinski definition) is 3. The van der Waals surface area contributed by atoms with Crippen molar-refractivity contribution < 1.29 is 33.8 Å². The maximum atomic E-state index is 14.1. The minimum atomic E-state index is -0.718. The smallest absolute Gasteiger partial charge is 0.265 e. The molecule has 0 spiro atoms. The van der Waals surface area contributed by atoms with Gasteiger partial charge in [0.1, 0.15) is 24.8 Å². The van der Waals surface area contributed by atoms with Crippen LogP contribution in [0, 0.1) is 0 Å². The number of hydrogen-bond acceptors (Lipinski definition) is 9. The van der Waals surface area contributed by atoms with Crippen LogP contribution in [0.4, 0.5) is 0 Å². The third kappa shape index (κ3) is 5.76. The van der Waals surface area contributed by atoms with Crippen LogP contribution in [-0.4, -0.2) is 85.2 Å². The number of ether oxygens (including phenoxy) is 2. The molecule has 0 unspecified atom stereocenters. The van der Waals surface area contributed by atoms with E-state index in [9.17, 15) is 14.4 Å². The third-order valence-electron chi connectivity index (χ3n) is 8.64. The number of unbranched alkanes of at least 4 members (excludes halogenated alkanes) is 3. The summed E-state index contributed by atoms with van der Waals surface area (Å²) in [6, 6.07) is 12.3. The number of H-pyrrole nitrogens is 1. The van der Waals surface area contributed by atoms with Crippen molar-refractivity contribution in [3.63, 3.8) is 0 Å². The average Bonchev–Trinajstić information content (AvgIpc) is 3.80. The summed E-state index contributed by atoms with van der Waals surface area (Å²) in [7, 11) is 0. The molecule has 2 aromatic carbocycles. The Labute approximate surface area is 264 Å². The van der Waals surface area contributed by atoms with E-state index < -0.39 is 18.0 Å². The van der Waals surface area contributed by atoms with Crippen molar-refractivity contribution in [2.45, 2.75) is 57.3 Å². The van der Waals surface area contributed by atoms with E-state index in [4.69, 9.17) is 19.4 Å². The van der Waals surface area contributed by atoms with E-state index in [-0.39, 0.29) is 44.8 Å². The molecule has 0 radical (unpaired) electrons. The predicted octanol–water partition coefficient (Wildman–Crippen LogP) is 1.97. The zero-order valence-corrected chi connectivity index (χ0v) is 25.2. The molecule has 4 aromatic rings. The molecule has 2 aromatic heterocycles. The number of piperazine rings is 1. The van der Waals surface area contributed by atoms with E-state index in [1.54, 1.807) is 11.1 Å². The number of aliphatic hydroxyl groups is 1. The van der Waals surface area contributed by atoms with Crippen LogP contribution >= 0.6 is 0 Å². The first kappa shape index (κ1) is 29.7. The monoisotopic (exact) mass is 629 g/mol. The molecule has 3 aliphatic rings. The van der Waals surface area contributed by atoms with Crippen LogP contribution in [0.15, 0.2) is 48.7 Å². The van der Waals surface area contributed by atoms with Gasteiger partial charge < -0.3 is 29.4 Å². The van der Waals surface area contributed by atoms with Gasteiger partial charge in [0, 0.05) is 29.6 Å². The maximum absolute atomic E-state index is 14.1. The number of carbonyl (C=O) groups excluding carboxylic acids is 3. The SMILES string of the molecule is O=C(Cn1cc(CN2CC(=O)N3[C@H](c4ccc5c(c4)OCO5)c4[nH]c5ccccc5c4C[C@@H]3C2=O)nn1)NOCCCCCCO. The van der Waals surface area contributed by atoms with Crippen molar-refractivity contribution in [3.8, 4) is 11.5 Å². The first-order chi connectivity index (χ1) is 22.5. The molecule has 7 rings (SSSR count). The summed E-state index contributed by atoms with van der Waals surface area (Å²) < 4.78 is 12.5. The van der Waals surface area contributed by atoms with Crippen LogP contribution in [0.2, 0.25) is 0 Å². The molecule has 1 saturated heterocycles. The maximum Gasteiger partial charge on any atom is 0.265 e. The second kappa shape index (κ2) is 12.8. The molecule has 46 heavy (non-hydrogen) atoms. The summed E-state index contributed by atoms with van der Waals surface area (Å²) in [4.78, 5) is 52.3. The quantitative estimate of drug-likeness (QED) is 0.157. The van der Waals surface area contributed by atoms with Gasteiger partial charge in [0.15, 0.2) is 11.5 Å². The lowest BCUT2D eigenvalue weighted by Gasteiger charge is -2.47. The van der Waals surface area contributed by atoms with Gasteiger partial charge in [0.25, 0.3) is 5.91 Å². The van der Waals surface area contributed by atoms with Crippen LogP contribution < -0.4 is 15.0 Å². The standard InChI is InChI=1S/C32H35N7O7/c40-11-5-1-2-6-12-46-35-28(41)17-38-16-21(34-36-38)15-37-18-29(42)39-25(32(37)43)14-23-22-7-3-4-8-24(22)33-30(23)31(39)20-9-10-26-27(13-20)45-19-44-26/h3-4,7-10,13,16,25,31,33,40H,1-2,5-6,11-12,14-15,17-19H2,(H,35,41)/t25-,31-/m1/s1. The number of carbonyl (C=O) groups is 3. The fourth-order valence-corrected chi connectivity index (χ4v) is 6.52. The number of aromatic amines is 1. The number of aliphatic hydroxyl groups excluding tert-OH is 1. The molecule has 3 amide bonds. The third-order valence-corrected chi connectivity index (χ3v) is 8.64. The molecule has 3 aliphatic heterocycles. The molecule has 240 valence electrons. The number of rotatable bonds is 12. The Morgan fingerprint density at radius 2 is 1.93 bits per heavy atom. The van der Waals surface area contributed by atoms with Gasteiger partial charge in [0.05, 0.1) is 25.4 Å². The van der Waals surface area contributed by atoms with Crippen LogP contribution in [0.1, 0.15) is 54.2 Å². The largest absolute Gasteiger partial charge is 0.454 e. The molecular formula is C32H35N7O7. The molecule has 0 saturated carbocycles. The average molecular weight is 630 g/mol. The number of benzene rings is 2. The zero-order valence-electron chi connectivity index (χ0n) is 25.2. The highest BCUT2D eigenvalue weighted by Gasteiger charge is 2.48. The van der Waals surface area contributed by atoms with Gasteiger partial charge in [-0.3, -0.25) is 19.2 Å². The van der Waals surface area contributed by atoms with Gasteiger partial charge in [-0.05, 0) is 42.2 Å². The summed E-state index contributed by atoms with van der Waals surface area (Å²) >= 11 is 0. The molecule has 0 bridgehead atoms. The molecule has 14 heteroatoms. The van der Waals surface area contributed by atoms with Crippen LogP contribution in [0.25, 0.3) is 10.9 Å². The van der Waals surface area contributed by atoms with Crippen LogP contribution in [0.5, 0.6) is 11.5 Å². The van der Waals surface area contributed by atoms with Crippen molar-refractivity contribution in [2.24, 2.45) is 0 Å². The van der Waals surface area contributed by atoms with Crippen LogP contribution in [-0.2, 0) is 38.7 Å². The highest BCUT2D eigenvalue weighted by atomic mass is 16.7. The summed E-state index contributed by atoms with van der Waals surface area (Å²) in [6.07, 6.45) is 5.30. The summed E-state index contributed by atoms with van der Waals surface area (Å²) in [5.74, 6) is 0.492. The lowest BCUT2D eigenvalue weighted by atomic mass is 9.86. The number of fused-ring (bicyclic) bond motifs is 5. The minimum absolute atomic E-state index is 0.0797. The Balaban J connectivity index is 1.06. The van der Waals surface area contributed by atoms with E-state index in [1.165, 1.54) is 9.58 Å². The van der Waals surface area contributed by atoms with Gasteiger partial charge in [-0.1, -0.05) is 42.3 Å². The Kier molecular flexibility index (Phi) is 8.28. The number of para-hydroxylation sites is 1. The molecule has 0 aliphatic carbocycles. The highest BCUT2D eigenvalue weighted by molar-refractivity contribution is 5.97. The normalized spacial score (nSPS) is 18.6. The number of aromatic nitrogens is 4. The van der Waals surface area contributed by atoms with Crippen molar-refractivity contribution in [1.29, 1.82) is 0 Å². The molecule has 1 fully saturated rings. The lowest BCUT2D eigenvalue weighted by molar-refractivity contribution is -0.159. The molecule has 5 heterocycles. The van der Waals surface area contributed by atoms with E-state index in [0.29, 0.717) is 30.2 Å². The summed E-state index contributed by atoms with van der Waals surface area (Å²) in [6.45, 7) is 0.532. The van der Waals surface area contributed by atoms with Crippen molar-refractivity contribution >= 4 is 28.6 Å². The summed E-state index contributed by atoms with van der Waals surface area (Å²) in [5.41, 5.74) is 6.52. The van der Waals surface area contributed by atoms with E-state index >= 15 is 0 Å². The minimum Gasteiger partial charge on any atom is -0.454 e. The zero-order chi connectivity index (χ0) is 31.6. The Morgan fingerprint density at radius 3 is 2.83 bits per heavy atom. The van der Waals surface area contributed by atoms with Crippen molar-refractivity contribution in [2.75, 3.05) is 26.6 Å². The van der Waals surface area contributed by atoms with Crippen molar-refractivity contribution in [1.82, 2.24) is 35.3 Å². The van der Waals surface area contributed by atoms with Gasteiger partial charge in [-0.25, -0.2) is 10.2 Å². The predicted molar refractivity (Wildman–Crippen MR) is 162 cm³/mol. The van der Waals surface area contributed by atoms with E-state index in [1.807, 2.05) is 42.5 Å². The fraction of sp³-hybridized carbons (Fsp3) is 0.406. The van der Waals surface area contributed by atoms with Gasteiger partial charge >= 0.3 is 0 Å². The molecule has 3 N–H and O–H groups in total. The number of amides is 3. The Bertz CT molecular complexity index is 1770. The Morgan fingerprint density at radius 1 is 1.09 bits per heavy atom. The number of nitrogens with one attached hydrogen (secondary N) is 2.